The van der Waals surface area contributed by atoms with Gasteiger partial charge in [-0.1, -0.05) is 0 Å². The van der Waals surface area contributed by atoms with Crippen LogP contribution in [0.15, 0.2) is 22.6 Å². The van der Waals surface area contributed by atoms with Gasteiger partial charge in [0.25, 0.3) is 5.56 Å². The minimum absolute atomic E-state index is 0.134. The van der Waals surface area contributed by atoms with Gasteiger partial charge in [0, 0.05) is 0 Å². The van der Waals surface area contributed by atoms with Gasteiger partial charge in [0.15, 0.2) is 0 Å². The predicted octanol–water partition coefficient (Wildman–Crippen LogP) is 0.523. The van der Waals surface area contributed by atoms with Crippen molar-refractivity contribution in [2.75, 3.05) is 5.32 Å². The Hall–Kier alpha value is -2.55. The van der Waals surface area contributed by atoms with E-state index in [0.29, 0.717) is 16.0 Å². The fourth-order valence-corrected chi connectivity index (χ4v) is 2.45. The lowest BCUT2D eigenvalue weighted by atomic mass is 10.4. The number of aromatic amines is 1. The van der Waals surface area contributed by atoms with E-state index in [1.807, 2.05) is 0 Å². The third-order valence-corrected chi connectivity index (χ3v) is 3.43. The summed E-state index contributed by atoms with van der Waals surface area (Å²) in [4.78, 5) is 32.7. The Balaban J connectivity index is 1.80. The van der Waals surface area contributed by atoms with Gasteiger partial charge in [-0.2, -0.15) is 4.98 Å². The van der Waals surface area contributed by atoms with Crippen LogP contribution in [0.3, 0.4) is 0 Å². The number of rotatable bonds is 3. The van der Waals surface area contributed by atoms with E-state index in [1.165, 1.54) is 22.2 Å². The van der Waals surface area contributed by atoms with Gasteiger partial charge in [-0.05, 0) is 18.4 Å². The maximum Gasteiger partial charge on any atom is 0.262 e. The first-order valence-electron chi connectivity index (χ1n) is 5.75. The maximum atomic E-state index is 12.1. The van der Waals surface area contributed by atoms with Crippen LogP contribution in [-0.2, 0) is 11.3 Å². The Kier molecular flexibility index (Phi) is 3.03. The van der Waals surface area contributed by atoms with Gasteiger partial charge >= 0.3 is 0 Å². The number of nitrogens with zero attached hydrogens (tertiary/aromatic N) is 4. The Bertz CT molecular complexity index is 833. The summed E-state index contributed by atoms with van der Waals surface area (Å²) >= 11 is 1.39. The number of carbonyl (C=O) groups excluding carboxylic acids is 1. The number of anilines is 1. The van der Waals surface area contributed by atoms with Gasteiger partial charge in [-0.3, -0.25) is 24.6 Å². The highest BCUT2D eigenvalue weighted by molar-refractivity contribution is 7.16. The van der Waals surface area contributed by atoms with Crippen molar-refractivity contribution in [2.45, 2.75) is 13.5 Å². The van der Waals surface area contributed by atoms with Crippen LogP contribution in [0.25, 0.3) is 10.2 Å². The molecule has 3 aromatic rings. The molecule has 0 spiro atoms. The Morgan fingerprint density at radius 3 is 3.15 bits per heavy atom. The number of aromatic nitrogens is 5. The first-order valence-corrected chi connectivity index (χ1v) is 6.63. The number of H-pyrrole nitrogens is 1. The largest absolute Gasteiger partial charge is 0.292 e. The van der Waals surface area contributed by atoms with Gasteiger partial charge in [0.2, 0.25) is 11.9 Å². The van der Waals surface area contributed by atoms with E-state index >= 15 is 0 Å². The molecule has 0 fully saturated rings. The fourth-order valence-electron chi connectivity index (χ4n) is 1.72. The number of thiophene rings is 1. The van der Waals surface area contributed by atoms with Crippen molar-refractivity contribution in [1.29, 1.82) is 0 Å². The third kappa shape index (κ3) is 2.30. The van der Waals surface area contributed by atoms with Gasteiger partial charge in [-0.25, -0.2) is 4.98 Å². The van der Waals surface area contributed by atoms with Crippen molar-refractivity contribution < 1.29 is 4.79 Å². The zero-order valence-electron chi connectivity index (χ0n) is 10.5. The molecule has 1 amide bonds. The van der Waals surface area contributed by atoms with Crippen LogP contribution in [0.4, 0.5) is 5.95 Å². The zero-order chi connectivity index (χ0) is 14.1. The highest BCUT2D eigenvalue weighted by Gasteiger charge is 2.10. The summed E-state index contributed by atoms with van der Waals surface area (Å²) in [6.07, 6.45) is 1.37. The van der Waals surface area contributed by atoms with E-state index in [9.17, 15) is 9.59 Å². The van der Waals surface area contributed by atoms with Crippen LogP contribution in [0.1, 0.15) is 5.82 Å². The molecule has 2 N–H and O–H groups in total. The second kappa shape index (κ2) is 4.85. The second-order valence-electron chi connectivity index (χ2n) is 4.11. The topological polar surface area (TPSA) is 106 Å². The molecular weight excluding hydrogens is 280 g/mol. The molecule has 20 heavy (non-hydrogen) atoms. The average Bonchev–Trinajstić information content (AvgIpc) is 3.02. The van der Waals surface area contributed by atoms with E-state index in [1.54, 1.807) is 18.4 Å². The number of hydrogen-bond donors (Lipinski definition) is 2. The molecule has 0 aromatic carbocycles. The summed E-state index contributed by atoms with van der Waals surface area (Å²) in [6.45, 7) is 1.59. The van der Waals surface area contributed by atoms with Crippen molar-refractivity contribution >= 4 is 33.4 Å². The molecule has 102 valence electrons. The van der Waals surface area contributed by atoms with Gasteiger partial charge in [0.05, 0.1) is 11.7 Å². The van der Waals surface area contributed by atoms with Crippen molar-refractivity contribution in [3.63, 3.8) is 0 Å². The summed E-state index contributed by atoms with van der Waals surface area (Å²) in [6, 6.07) is 1.70. The number of hydrogen-bond acceptors (Lipinski definition) is 6. The van der Waals surface area contributed by atoms with Gasteiger partial charge in [0.1, 0.15) is 17.2 Å². The summed E-state index contributed by atoms with van der Waals surface area (Å²) in [5.41, 5.74) is -0.238. The fraction of sp³-hybridized carbons (Fsp3) is 0.182. The van der Waals surface area contributed by atoms with Crippen molar-refractivity contribution in [3.05, 3.63) is 34.0 Å². The van der Waals surface area contributed by atoms with Crippen molar-refractivity contribution in [3.8, 4) is 0 Å². The van der Waals surface area contributed by atoms with E-state index in [-0.39, 0.29) is 24.0 Å². The number of aryl methyl sites for hydroxylation is 1. The highest BCUT2D eigenvalue weighted by atomic mass is 32.1. The molecule has 3 heterocycles. The number of nitrogens with one attached hydrogen (secondary N) is 2. The normalized spacial score (nSPS) is 10.8. The molecule has 3 rings (SSSR count). The average molecular weight is 290 g/mol. The molecule has 0 aliphatic heterocycles. The third-order valence-electron chi connectivity index (χ3n) is 2.61. The molecular formula is C11H10N6O2S. The lowest BCUT2D eigenvalue weighted by molar-refractivity contribution is -0.116. The van der Waals surface area contributed by atoms with E-state index in [4.69, 9.17) is 0 Å². The maximum absolute atomic E-state index is 12.1. The summed E-state index contributed by atoms with van der Waals surface area (Å²) in [7, 11) is 0. The standard InChI is InChI=1S/C11H10N6O2S/c1-6-13-11(16-15-6)14-8(18)4-17-5-12-9-7(10(17)19)2-3-20-9/h2-3,5H,4H2,1H3,(H2,13,14,15,16,18). The molecule has 0 aliphatic carbocycles. The minimum atomic E-state index is -0.387. The minimum Gasteiger partial charge on any atom is -0.292 e. The van der Waals surface area contributed by atoms with Gasteiger partial charge in [-0.15, -0.1) is 16.4 Å². The van der Waals surface area contributed by atoms with Crippen LogP contribution < -0.4 is 10.9 Å². The molecule has 9 heteroatoms. The first kappa shape index (κ1) is 12.5. The monoisotopic (exact) mass is 290 g/mol. The molecule has 0 saturated heterocycles. The molecule has 0 radical (unpaired) electrons. The van der Waals surface area contributed by atoms with E-state index in [2.05, 4.69) is 25.5 Å². The predicted molar refractivity (Wildman–Crippen MR) is 73.6 cm³/mol. The second-order valence-corrected chi connectivity index (χ2v) is 5.00. The van der Waals surface area contributed by atoms with E-state index in [0.717, 1.165) is 0 Å². The molecule has 0 bridgehead atoms. The molecule has 0 saturated carbocycles. The molecule has 0 unspecified atom stereocenters. The highest BCUT2D eigenvalue weighted by Crippen LogP contribution is 2.13. The SMILES string of the molecule is Cc1nc(NC(=O)Cn2cnc3sccc3c2=O)n[nH]1. The number of fused-ring (bicyclic) bond motifs is 1. The van der Waals surface area contributed by atoms with Crippen LogP contribution in [0, 0.1) is 6.92 Å². The summed E-state index contributed by atoms with van der Waals surface area (Å²) in [5, 5.41) is 11.2. The summed E-state index contributed by atoms with van der Waals surface area (Å²) in [5.74, 6) is 0.395. The van der Waals surface area contributed by atoms with Crippen molar-refractivity contribution in [2.24, 2.45) is 0 Å². The Labute approximate surface area is 116 Å². The smallest absolute Gasteiger partial charge is 0.262 e. The first-order chi connectivity index (χ1) is 9.63. The molecule has 3 aromatic heterocycles. The summed E-state index contributed by atoms with van der Waals surface area (Å²) < 4.78 is 1.25. The molecule has 8 nitrogen and oxygen atoms in total. The molecule has 0 aliphatic rings. The Morgan fingerprint density at radius 1 is 1.55 bits per heavy atom. The Morgan fingerprint density at radius 2 is 2.40 bits per heavy atom. The van der Waals surface area contributed by atoms with Crippen LogP contribution in [0.2, 0.25) is 0 Å². The lowest BCUT2D eigenvalue weighted by Gasteiger charge is -2.04. The van der Waals surface area contributed by atoms with Crippen LogP contribution in [0.5, 0.6) is 0 Å². The lowest BCUT2D eigenvalue weighted by Crippen LogP contribution is -2.27. The van der Waals surface area contributed by atoms with Crippen LogP contribution >= 0.6 is 11.3 Å². The van der Waals surface area contributed by atoms with E-state index < -0.39 is 0 Å². The number of carbonyl (C=O) groups is 1. The van der Waals surface area contributed by atoms with Gasteiger partial charge < -0.3 is 0 Å². The molecule has 0 atom stereocenters. The number of amides is 1. The quantitative estimate of drug-likeness (QED) is 0.731. The zero-order valence-corrected chi connectivity index (χ0v) is 11.3. The van der Waals surface area contributed by atoms with Crippen molar-refractivity contribution in [1.82, 2.24) is 24.7 Å². The van der Waals surface area contributed by atoms with Crippen LogP contribution in [-0.4, -0.2) is 30.6 Å².